The third-order valence-electron chi connectivity index (χ3n) is 4.79. The van der Waals surface area contributed by atoms with E-state index < -0.39 is 24.3 Å². The van der Waals surface area contributed by atoms with Gasteiger partial charge in [0.25, 0.3) is 5.91 Å². The van der Waals surface area contributed by atoms with E-state index in [1.807, 2.05) is 30.3 Å². The lowest BCUT2D eigenvalue weighted by Gasteiger charge is -2.12. The molecule has 0 N–H and O–H groups in total. The van der Waals surface area contributed by atoms with Gasteiger partial charge in [-0.05, 0) is 24.6 Å². The topological polar surface area (TPSA) is 85.0 Å². The van der Waals surface area contributed by atoms with E-state index in [9.17, 15) is 14.0 Å². The summed E-state index contributed by atoms with van der Waals surface area (Å²) in [7, 11) is 0. The van der Waals surface area contributed by atoms with Gasteiger partial charge < -0.3 is 9.26 Å². The minimum Gasteiger partial charge on any atom is -0.452 e. The number of hydrogen-bond acceptors (Lipinski definition) is 6. The number of aromatic nitrogens is 1. The summed E-state index contributed by atoms with van der Waals surface area (Å²) >= 11 is 6.08. The Morgan fingerprint density at radius 2 is 1.97 bits per heavy atom. The standard InChI is InChI=1S/C22H17ClFN3O4/c1-13-19(21(26-31-13)20-15(23)8-5-9-16(20)24)22(29)30-12-18(28)27-11-10-17(25-27)14-6-3-2-4-7-14/h2-9H,10-12H2,1H3. The molecule has 0 fully saturated rings. The van der Waals surface area contributed by atoms with E-state index >= 15 is 0 Å². The van der Waals surface area contributed by atoms with Crippen LogP contribution in [-0.4, -0.2) is 40.9 Å². The summed E-state index contributed by atoms with van der Waals surface area (Å²) in [5.74, 6) is -1.88. The van der Waals surface area contributed by atoms with Crippen molar-refractivity contribution in [2.45, 2.75) is 13.3 Å². The molecule has 2 heterocycles. The lowest BCUT2D eigenvalue weighted by atomic mass is 10.1. The molecule has 0 aliphatic carbocycles. The van der Waals surface area contributed by atoms with Gasteiger partial charge in [-0.2, -0.15) is 5.10 Å². The van der Waals surface area contributed by atoms with Crippen LogP contribution in [0.2, 0.25) is 5.02 Å². The number of hydrazone groups is 1. The van der Waals surface area contributed by atoms with E-state index in [0.29, 0.717) is 13.0 Å². The van der Waals surface area contributed by atoms with E-state index in [1.54, 1.807) is 0 Å². The lowest BCUT2D eigenvalue weighted by Crippen LogP contribution is -2.29. The number of esters is 1. The molecule has 31 heavy (non-hydrogen) atoms. The Kier molecular flexibility index (Phi) is 5.81. The third kappa shape index (κ3) is 4.20. The molecule has 9 heteroatoms. The van der Waals surface area contributed by atoms with Gasteiger partial charge in [-0.3, -0.25) is 4.79 Å². The van der Waals surface area contributed by atoms with Gasteiger partial charge in [0.15, 0.2) is 6.61 Å². The number of carbonyl (C=O) groups is 2. The average Bonchev–Trinajstić information content (AvgIpc) is 3.40. The molecule has 0 saturated carbocycles. The van der Waals surface area contributed by atoms with Crippen molar-refractivity contribution in [3.05, 3.63) is 76.3 Å². The van der Waals surface area contributed by atoms with Gasteiger partial charge in [0, 0.05) is 6.42 Å². The normalized spacial score (nSPS) is 13.3. The Hall–Kier alpha value is -3.52. The second kappa shape index (κ2) is 8.69. The van der Waals surface area contributed by atoms with Gasteiger partial charge >= 0.3 is 5.97 Å². The summed E-state index contributed by atoms with van der Waals surface area (Å²) in [6, 6.07) is 13.6. The molecule has 3 aromatic rings. The molecule has 1 amide bonds. The highest BCUT2D eigenvalue weighted by molar-refractivity contribution is 6.33. The van der Waals surface area contributed by atoms with E-state index in [4.69, 9.17) is 20.9 Å². The Bertz CT molecular complexity index is 1160. The monoisotopic (exact) mass is 441 g/mol. The fourth-order valence-corrected chi connectivity index (χ4v) is 3.50. The first kappa shape index (κ1) is 20.7. The quantitative estimate of drug-likeness (QED) is 0.553. The van der Waals surface area contributed by atoms with Crippen molar-refractivity contribution in [3.63, 3.8) is 0 Å². The van der Waals surface area contributed by atoms with Crippen LogP contribution in [0.4, 0.5) is 4.39 Å². The largest absolute Gasteiger partial charge is 0.452 e. The molecule has 4 rings (SSSR count). The van der Waals surface area contributed by atoms with Crippen LogP contribution in [0.3, 0.4) is 0 Å². The first-order valence-corrected chi connectivity index (χ1v) is 9.84. The molecular formula is C22H17ClFN3O4. The molecule has 0 atom stereocenters. The van der Waals surface area contributed by atoms with Crippen LogP contribution in [0, 0.1) is 12.7 Å². The van der Waals surface area contributed by atoms with Crippen LogP contribution in [0.5, 0.6) is 0 Å². The van der Waals surface area contributed by atoms with Gasteiger partial charge in [0.2, 0.25) is 0 Å². The summed E-state index contributed by atoms with van der Waals surface area (Å²) in [4.78, 5) is 25.1. The first-order chi connectivity index (χ1) is 15.0. The molecule has 158 valence electrons. The zero-order valence-corrected chi connectivity index (χ0v) is 17.2. The molecule has 0 bridgehead atoms. The Morgan fingerprint density at radius 3 is 2.71 bits per heavy atom. The molecule has 1 aromatic heterocycles. The van der Waals surface area contributed by atoms with Gasteiger partial charge in [-0.25, -0.2) is 14.2 Å². The minimum absolute atomic E-state index is 0.0678. The first-order valence-electron chi connectivity index (χ1n) is 9.46. The van der Waals surface area contributed by atoms with Gasteiger partial charge in [0.05, 0.1) is 22.8 Å². The number of amides is 1. The van der Waals surface area contributed by atoms with Crippen LogP contribution in [0.1, 0.15) is 28.1 Å². The highest BCUT2D eigenvalue weighted by atomic mass is 35.5. The van der Waals surface area contributed by atoms with E-state index in [0.717, 1.165) is 11.3 Å². The fourth-order valence-electron chi connectivity index (χ4n) is 3.25. The second-order valence-electron chi connectivity index (χ2n) is 6.81. The highest BCUT2D eigenvalue weighted by Crippen LogP contribution is 2.33. The third-order valence-corrected chi connectivity index (χ3v) is 5.10. The number of ether oxygens (including phenoxy) is 1. The van der Waals surface area contributed by atoms with Crippen LogP contribution in [0.15, 0.2) is 58.2 Å². The minimum atomic E-state index is -0.868. The second-order valence-corrected chi connectivity index (χ2v) is 7.22. The maximum atomic E-state index is 14.3. The molecule has 1 aliphatic heterocycles. The molecule has 0 saturated heterocycles. The summed E-state index contributed by atoms with van der Waals surface area (Å²) in [6.45, 7) is 1.35. The fraction of sp³-hybridized carbons (Fsp3) is 0.182. The molecule has 0 unspecified atom stereocenters. The highest BCUT2D eigenvalue weighted by Gasteiger charge is 2.28. The zero-order valence-electron chi connectivity index (χ0n) is 16.5. The van der Waals surface area contributed by atoms with Crippen molar-refractivity contribution in [3.8, 4) is 11.3 Å². The molecule has 0 radical (unpaired) electrons. The maximum Gasteiger partial charge on any atom is 0.344 e. The number of nitrogens with zero attached hydrogens (tertiary/aromatic N) is 3. The number of rotatable bonds is 5. The number of hydrogen-bond donors (Lipinski definition) is 0. The van der Waals surface area contributed by atoms with Gasteiger partial charge in [0.1, 0.15) is 22.8 Å². The van der Waals surface area contributed by atoms with E-state index in [1.165, 1.54) is 30.1 Å². The van der Waals surface area contributed by atoms with Crippen molar-refractivity contribution in [1.29, 1.82) is 0 Å². The lowest BCUT2D eigenvalue weighted by molar-refractivity contribution is -0.134. The molecule has 2 aromatic carbocycles. The molecule has 7 nitrogen and oxygen atoms in total. The van der Waals surface area contributed by atoms with Gasteiger partial charge in [-0.15, -0.1) is 0 Å². The summed E-state index contributed by atoms with van der Waals surface area (Å²) in [6.07, 6.45) is 0.602. The van der Waals surface area contributed by atoms with Crippen molar-refractivity contribution in [1.82, 2.24) is 10.2 Å². The zero-order chi connectivity index (χ0) is 22.0. The molecule has 0 spiro atoms. The Morgan fingerprint density at radius 1 is 1.19 bits per heavy atom. The van der Waals surface area contributed by atoms with Crippen LogP contribution < -0.4 is 0 Å². The maximum absolute atomic E-state index is 14.3. The summed E-state index contributed by atoms with van der Waals surface area (Å²) in [5, 5.41) is 9.41. The number of carbonyl (C=O) groups excluding carboxylic acids is 2. The van der Waals surface area contributed by atoms with Crippen LogP contribution >= 0.6 is 11.6 Å². The van der Waals surface area contributed by atoms with E-state index in [2.05, 4.69) is 10.3 Å². The summed E-state index contributed by atoms with van der Waals surface area (Å²) < 4.78 is 24.5. The van der Waals surface area contributed by atoms with E-state index in [-0.39, 0.29) is 27.6 Å². The Labute approximate surface area is 182 Å². The van der Waals surface area contributed by atoms with Crippen LogP contribution in [-0.2, 0) is 9.53 Å². The molecule has 1 aliphatic rings. The van der Waals surface area contributed by atoms with Crippen molar-refractivity contribution in [2.75, 3.05) is 13.2 Å². The van der Waals surface area contributed by atoms with Crippen LogP contribution in [0.25, 0.3) is 11.3 Å². The average molecular weight is 442 g/mol. The number of halogens is 2. The number of benzene rings is 2. The van der Waals surface area contributed by atoms with Gasteiger partial charge in [-0.1, -0.05) is 53.2 Å². The van der Waals surface area contributed by atoms with Crippen molar-refractivity contribution in [2.24, 2.45) is 5.10 Å². The molecular weight excluding hydrogens is 425 g/mol. The number of aryl methyl sites for hydroxylation is 1. The van der Waals surface area contributed by atoms with Crippen molar-refractivity contribution < 1.29 is 23.2 Å². The van der Waals surface area contributed by atoms with Crippen molar-refractivity contribution >= 4 is 29.2 Å². The predicted molar refractivity (Wildman–Crippen MR) is 111 cm³/mol. The predicted octanol–water partition coefficient (Wildman–Crippen LogP) is 4.24. The smallest absolute Gasteiger partial charge is 0.344 e. The SMILES string of the molecule is Cc1onc(-c2c(F)cccc2Cl)c1C(=O)OCC(=O)N1CCC(c2ccccc2)=N1. The summed E-state index contributed by atoms with van der Waals surface area (Å²) in [5.41, 5.74) is 1.47. The Balaban J connectivity index is 1.47.